The number of hydrogen-bond donors (Lipinski definition) is 0. The Morgan fingerprint density at radius 1 is 1.13 bits per heavy atom. The van der Waals surface area contributed by atoms with Crippen molar-refractivity contribution in [3.8, 4) is 5.75 Å². The number of fused-ring (bicyclic) bond motifs is 2. The highest BCUT2D eigenvalue weighted by Gasteiger charge is 2.11. The Kier molecular flexibility index (Phi) is 3.08. The second-order valence-corrected chi connectivity index (χ2v) is 5.21. The van der Waals surface area contributed by atoms with Crippen molar-refractivity contribution in [2.45, 2.75) is 6.54 Å². The minimum absolute atomic E-state index is 0.127. The summed E-state index contributed by atoms with van der Waals surface area (Å²) in [5.74, 6) is 0.535. The molecule has 6 nitrogen and oxygen atoms in total. The van der Waals surface area contributed by atoms with Crippen molar-refractivity contribution in [1.82, 2.24) is 18.9 Å². The Hall–Kier alpha value is -3.15. The van der Waals surface area contributed by atoms with Gasteiger partial charge in [-0.1, -0.05) is 12.1 Å². The molecule has 0 saturated heterocycles. The molecule has 23 heavy (non-hydrogen) atoms. The lowest BCUT2D eigenvalue weighted by Gasteiger charge is -2.09. The van der Waals surface area contributed by atoms with E-state index in [2.05, 4.69) is 9.97 Å². The van der Waals surface area contributed by atoms with E-state index >= 15 is 0 Å². The maximum Gasteiger partial charge on any atom is 0.265 e. The van der Waals surface area contributed by atoms with Gasteiger partial charge in [0.1, 0.15) is 16.8 Å². The summed E-state index contributed by atoms with van der Waals surface area (Å²) in [6.45, 7) is 0.394. The van der Waals surface area contributed by atoms with Gasteiger partial charge in [-0.2, -0.15) is 0 Å². The van der Waals surface area contributed by atoms with Gasteiger partial charge in [-0.15, -0.1) is 0 Å². The molecule has 0 saturated carbocycles. The van der Waals surface area contributed by atoms with E-state index in [0.29, 0.717) is 23.2 Å². The Labute approximate surface area is 131 Å². The van der Waals surface area contributed by atoms with Crippen molar-refractivity contribution in [3.05, 3.63) is 71.2 Å². The first-order valence-electron chi connectivity index (χ1n) is 7.21. The van der Waals surface area contributed by atoms with Gasteiger partial charge in [0.2, 0.25) is 0 Å². The average molecular weight is 306 g/mol. The summed E-state index contributed by atoms with van der Waals surface area (Å²) in [5, 5.41) is 0.492. The number of ether oxygens (including phenoxy) is 1. The van der Waals surface area contributed by atoms with Gasteiger partial charge in [0.05, 0.1) is 37.4 Å². The first-order chi connectivity index (χ1) is 11.3. The summed E-state index contributed by atoms with van der Waals surface area (Å²) in [6, 6.07) is 11.2. The molecule has 3 heterocycles. The maximum atomic E-state index is 12.8. The third kappa shape index (κ3) is 2.15. The van der Waals surface area contributed by atoms with Gasteiger partial charge in [0.15, 0.2) is 0 Å². The molecule has 0 radical (unpaired) electrons. The molecule has 0 aliphatic rings. The zero-order valence-electron chi connectivity index (χ0n) is 12.5. The second kappa shape index (κ2) is 5.24. The highest BCUT2D eigenvalue weighted by atomic mass is 16.5. The van der Waals surface area contributed by atoms with Gasteiger partial charge in [0, 0.05) is 6.20 Å². The molecular formula is C17H14N4O2. The molecule has 4 aromatic rings. The van der Waals surface area contributed by atoms with E-state index in [9.17, 15) is 4.79 Å². The van der Waals surface area contributed by atoms with Crippen molar-refractivity contribution in [3.63, 3.8) is 0 Å². The molecule has 0 spiro atoms. The zero-order chi connectivity index (χ0) is 15.8. The second-order valence-electron chi connectivity index (χ2n) is 5.21. The molecule has 1 aromatic carbocycles. The van der Waals surface area contributed by atoms with Crippen LogP contribution in [0, 0.1) is 0 Å². The lowest BCUT2D eigenvalue weighted by atomic mass is 10.2. The molecule has 0 atom stereocenters. The molecule has 6 heteroatoms. The summed E-state index contributed by atoms with van der Waals surface area (Å²) in [5.41, 5.74) is 2.27. The van der Waals surface area contributed by atoms with E-state index in [4.69, 9.17) is 4.74 Å². The molecule has 0 amide bonds. The number of benzene rings is 1. The van der Waals surface area contributed by atoms with Gasteiger partial charge < -0.3 is 9.14 Å². The fourth-order valence-corrected chi connectivity index (χ4v) is 2.73. The first kappa shape index (κ1) is 13.5. The van der Waals surface area contributed by atoms with Crippen LogP contribution in [0.25, 0.3) is 16.6 Å². The fourth-order valence-electron chi connectivity index (χ4n) is 2.73. The van der Waals surface area contributed by atoms with Crippen molar-refractivity contribution < 1.29 is 4.74 Å². The van der Waals surface area contributed by atoms with Crippen LogP contribution < -0.4 is 10.3 Å². The molecule has 4 rings (SSSR count). The highest BCUT2D eigenvalue weighted by molar-refractivity contribution is 5.83. The molecular weight excluding hydrogens is 292 g/mol. The smallest absolute Gasteiger partial charge is 0.265 e. The Bertz CT molecular complexity index is 1070. The van der Waals surface area contributed by atoms with E-state index in [0.717, 1.165) is 11.3 Å². The third-order valence-corrected chi connectivity index (χ3v) is 3.86. The lowest BCUT2D eigenvalue weighted by Crippen LogP contribution is -2.22. The lowest BCUT2D eigenvalue weighted by molar-refractivity contribution is 0.419. The number of imidazole rings is 1. The fraction of sp³-hybridized carbons (Fsp3) is 0.118. The van der Waals surface area contributed by atoms with Crippen LogP contribution in [0.2, 0.25) is 0 Å². The predicted molar refractivity (Wildman–Crippen MR) is 86.8 cm³/mol. The van der Waals surface area contributed by atoms with Crippen LogP contribution in [-0.2, 0) is 6.54 Å². The van der Waals surface area contributed by atoms with E-state index in [1.54, 1.807) is 36.3 Å². The Balaban J connectivity index is 1.86. The van der Waals surface area contributed by atoms with Crippen molar-refractivity contribution in [1.29, 1.82) is 0 Å². The van der Waals surface area contributed by atoms with Crippen LogP contribution in [0.15, 0.2) is 59.9 Å². The molecule has 0 bridgehead atoms. The van der Waals surface area contributed by atoms with Crippen LogP contribution in [0.5, 0.6) is 5.75 Å². The van der Waals surface area contributed by atoms with Gasteiger partial charge in [-0.3, -0.25) is 9.36 Å². The molecule has 0 aliphatic carbocycles. The quantitative estimate of drug-likeness (QED) is 0.581. The SMILES string of the molecule is COc1cccc2ncn(Cc3cnc4ccccn34)c(=O)c12. The van der Waals surface area contributed by atoms with E-state index in [1.165, 1.54) is 0 Å². The summed E-state index contributed by atoms with van der Waals surface area (Å²) >= 11 is 0. The number of nitrogens with zero attached hydrogens (tertiary/aromatic N) is 4. The highest BCUT2D eigenvalue weighted by Crippen LogP contribution is 2.20. The van der Waals surface area contributed by atoms with E-state index in [1.807, 2.05) is 34.9 Å². The first-order valence-corrected chi connectivity index (χ1v) is 7.21. The largest absolute Gasteiger partial charge is 0.496 e. The van der Waals surface area contributed by atoms with Crippen LogP contribution in [-0.4, -0.2) is 26.0 Å². The van der Waals surface area contributed by atoms with Gasteiger partial charge >= 0.3 is 0 Å². The molecule has 0 unspecified atom stereocenters. The topological polar surface area (TPSA) is 61.4 Å². The van der Waals surface area contributed by atoms with E-state index in [-0.39, 0.29) is 5.56 Å². The number of hydrogen-bond acceptors (Lipinski definition) is 4. The monoisotopic (exact) mass is 306 g/mol. The molecule has 0 N–H and O–H groups in total. The van der Waals surface area contributed by atoms with Crippen LogP contribution >= 0.6 is 0 Å². The minimum Gasteiger partial charge on any atom is -0.496 e. The summed E-state index contributed by atoms with van der Waals surface area (Å²) in [7, 11) is 1.55. The van der Waals surface area contributed by atoms with Crippen LogP contribution in [0.3, 0.4) is 0 Å². The standard InChI is InChI=1S/C17H14N4O2/c1-23-14-6-4-5-13-16(14)17(22)20(11-19-13)10-12-9-18-15-7-2-3-8-21(12)15/h2-9,11H,10H2,1H3. The molecule has 3 aromatic heterocycles. The Morgan fingerprint density at radius 3 is 2.91 bits per heavy atom. The van der Waals surface area contributed by atoms with Gasteiger partial charge in [0.25, 0.3) is 5.56 Å². The normalized spacial score (nSPS) is 11.2. The number of rotatable bonds is 3. The average Bonchev–Trinajstić information content (AvgIpc) is 3.00. The maximum absolute atomic E-state index is 12.8. The van der Waals surface area contributed by atoms with E-state index < -0.39 is 0 Å². The Morgan fingerprint density at radius 2 is 2.04 bits per heavy atom. The summed E-state index contributed by atoms with van der Waals surface area (Å²) in [6.07, 6.45) is 5.26. The number of aromatic nitrogens is 4. The zero-order valence-corrected chi connectivity index (χ0v) is 12.5. The van der Waals surface area contributed by atoms with Crippen molar-refractivity contribution in [2.75, 3.05) is 7.11 Å². The molecule has 0 fully saturated rings. The predicted octanol–water partition coefficient (Wildman–Crippen LogP) is 2.10. The summed E-state index contributed by atoms with van der Waals surface area (Å²) in [4.78, 5) is 21.5. The van der Waals surface area contributed by atoms with Gasteiger partial charge in [-0.25, -0.2) is 9.97 Å². The van der Waals surface area contributed by atoms with Crippen molar-refractivity contribution in [2.24, 2.45) is 0 Å². The third-order valence-electron chi connectivity index (χ3n) is 3.86. The van der Waals surface area contributed by atoms with Crippen molar-refractivity contribution >= 4 is 16.6 Å². The number of pyridine rings is 1. The summed E-state index contributed by atoms with van der Waals surface area (Å²) < 4.78 is 8.83. The van der Waals surface area contributed by atoms with Crippen LogP contribution in [0.4, 0.5) is 0 Å². The molecule has 114 valence electrons. The minimum atomic E-state index is -0.127. The number of methoxy groups -OCH3 is 1. The van der Waals surface area contributed by atoms with Crippen LogP contribution in [0.1, 0.15) is 5.69 Å². The van der Waals surface area contributed by atoms with Gasteiger partial charge in [-0.05, 0) is 24.3 Å². The molecule has 0 aliphatic heterocycles.